The van der Waals surface area contributed by atoms with Crippen molar-refractivity contribution in [2.75, 3.05) is 23.5 Å². The number of anilines is 2. The fourth-order valence-electron chi connectivity index (χ4n) is 2.33. The molecule has 1 atom stereocenters. The Labute approximate surface area is 158 Å². The highest BCUT2D eigenvalue weighted by Crippen LogP contribution is 2.24. The molecule has 5 nitrogen and oxygen atoms in total. The van der Waals surface area contributed by atoms with Crippen molar-refractivity contribution in [3.8, 4) is 5.75 Å². The summed E-state index contributed by atoms with van der Waals surface area (Å²) in [6.07, 6.45) is 0. The predicted octanol–water partition coefficient (Wildman–Crippen LogP) is 4.01. The Morgan fingerprint density at radius 2 is 1.73 bits per heavy atom. The van der Waals surface area contributed by atoms with Crippen molar-refractivity contribution in [3.63, 3.8) is 0 Å². The number of carbonyl (C=O) groups excluding carboxylic acids is 2. The van der Waals surface area contributed by atoms with E-state index in [2.05, 4.69) is 10.6 Å². The summed E-state index contributed by atoms with van der Waals surface area (Å²) in [7, 11) is 1.55. The van der Waals surface area contributed by atoms with E-state index in [1.165, 1.54) is 11.8 Å². The fraction of sp³-hybridized carbons (Fsp3) is 0.300. The highest BCUT2D eigenvalue weighted by Gasteiger charge is 2.17. The van der Waals surface area contributed by atoms with E-state index >= 15 is 0 Å². The number of carbonyl (C=O) groups is 2. The molecule has 2 aromatic rings. The Morgan fingerprint density at radius 3 is 2.46 bits per heavy atom. The molecule has 0 bridgehead atoms. The molecule has 2 N–H and O–H groups in total. The Morgan fingerprint density at radius 1 is 1.04 bits per heavy atom. The molecule has 0 saturated carbocycles. The summed E-state index contributed by atoms with van der Waals surface area (Å²) in [4.78, 5) is 24.5. The third kappa shape index (κ3) is 5.26. The van der Waals surface area contributed by atoms with Gasteiger partial charge in [0.1, 0.15) is 5.75 Å². The molecule has 26 heavy (non-hydrogen) atoms. The minimum Gasteiger partial charge on any atom is -0.495 e. The van der Waals surface area contributed by atoms with Crippen molar-refractivity contribution < 1.29 is 14.3 Å². The van der Waals surface area contributed by atoms with E-state index in [0.717, 1.165) is 16.8 Å². The maximum atomic E-state index is 12.4. The monoisotopic (exact) mass is 372 g/mol. The van der Waals surface area contributed by atoms with Gasteiger partial charge in [-0.2, -0.15) is 0 Å². The fourth-order valence-corrected chi connectivity index (χ4v) is 3.02. The number of nitrogens with one attached hydrogen (secondary N) is 2. The number of aryl methyl sites for hydroxylation is 1. The number of benzene rings is 2. The molecule has 0 spiro atoms. The van der Waals surface area contributed by atoms with Gasteiger partial charge in [0.05, 0.1) is 23.8 Å². The van der Waals surface area contributed by atoms with Crippen LogP contribution in [-0.4, -0.2) is 29.9 Å². The van der Waals surface area contributed by atoms with E-state index in [-0.39, 0.29) is 22.8 Å². The first-order chi connectivity index (χ1) is 12.4. The van der Waals surface area contributed by atoms with Crippen LogP contribution >= 0.6 is 11.8 Å². The topological polar surface area (TPSA) is 67.4 Å². The minimum atomic E-state index is -0.349. The molecule has 0 heterocycles. The van der Waals surface area contributed by atoms with E-state index in [4.69, 9.17) is 4.74 Å². The van der Waals surface area contributed by atoms with Crippen molar-refractivity contribution in [2.45, 2.75) is 26.0 Å². The molecule has 2 rings (SSSR count). The van der Waals surface area contributed by atoms with Gasteiger partial charge in [-0.3, -0.25) is 9.59 Å². The van der Waals surface area contributed by atoms with Gasteiger partial charge in [-0.05, 0) is 50.1 Å². The first-order valence-corrected chi connectivity index (χ1v) is 9.38. The van der Waals surface area contributed by atoms with E-state index in [1.54, 1.807) is 26.2 Å². The van der Waals surface area contributed by atoms with Crippen molar-refractivity contribution in [1.82, 2.24) is 0 Å². The van der Waals surface area contributed by atoms with Crippen LogP contribution in [-0.2, 0) is 9.59 Å². The lowest BCUT2D eigenvalue weighted by Gasteiger charge is -2.15. The number of thioether (sulfide) groups is 1. The van der Waals surface area contributed by atoms with E-state index < -0.39 is 0 Å². The summed E-state index contributed by atoms with van der Waals surface area (Å²) < 4.78 is 5.21. The van der Waals surface area contributed by atoms with Crippen LogP contribution < -0.4 is 15.4 Å². The highest BCUT2D eigenvalue weighted by molar-refractivity contribution is 8.01. The van der Waals surface area contributed by atoms with Gasteiger partial charge in [0, 0.05) is 5.69 Å². The van der Waals surface area contributed by atoms with Crippen molar-refractivity contribution in [2.24, 2.45) is 0 Å². The van der Waals surface area contributed by atoms with E-state index in [0.29, 0.717) is 11.4 Å². The predicted molar refractivity (Wildman–Crippen MR) is 108 cm³/mol. The second-order valence-electron chi connectivity index (χ2n) is 5.94. The van der Waals surface area contributed by atoms with Gasteiger partial charge in [-0.1, -0.05) is 24.3 Å². The van der Waals surface area contributed by atoms with Gasteiger partial charge in [-0.25, -0.2) is 0 Å². The average molecular weight is 372 g/mol. The summed E-state index contributed by atoms with van der Waals surface area (Å²) >= 11 is 1.29. The first kappa shape index (κ1) is 19.8. The standard InChI is InChI=1S/C20H24N2O3S/c1-13-8-7-10-16(14(13)2)22-20(24)15(3)26-12-19(23)21-17-9-5-6-11-18(17)25-4/h5-11,15H,12H2,1-4H3,(H,21,23)(H,22,24)/t15-/m0/s1. The van der Waals surface area contributed by atoms with Crippen molar-refractivity contribution >= 4 is 35.0 Å². The summed E-state index contributed by atoms with van der Waals surface area (Å²) in [5, 5.41) is 5.39. The lowest BCUT2D eigenvalue weighted by Crippen LogP contribution is -2.25. The molecule has 0 aliphatic heterocycles. The summed E-state index contributed by atoms with van der Waals surface area (Å²) in [6, 6.07) is 13.0. The van der Waals surface area contributed by atoms with Crippen LogP contribution in [0.3, 0.4) is 0 Å². The van der Waals surface area contributed by atoms with Gasteiger partial charge in [0.15, 0.2) is 0 Å². The molecule has 6 heteroatoms. The van der Waals surface area contributed by atoms with Crippen LogP contribution in [0.15, 0.2) is 42.5 Å². The molecular formula is C20H24N2O3S. The summed E-state index contributed by atoms with van der Waals surface area (Å²) in [5.74, 6) is 0.491. The Kier molecular flexibility index (Phi) is 7.09. The Balaban J connectivity index is 1.87. The largest absolute Gasteiger partial charge is 0.495 e. The maximum absolute atomic E-state index is 12.4. The van der Waals surface area contributed by atoms with Crippen molar-refractivity contribution in [1.29, 1.82) is 0 Å². The van der Waals surface area contributed by atoms with Crippen LogP contribution in [0.1, 0.15) is 18.1 Å². The normalized spacial score (nSPS) is 11.5. The molecule has 0 unspecified atom stereocenters. The maximum Gasteiger partial charge on any atom is 0.237 e. The quantitative estimate of drug-likeness (QED) is 0.771. The lowest BCUT2D eigenvalue weighted by atomic mass is 10.1. The lowest BCUT2D eigenvalue weighted by molar-refractivity contribution is -0.115. The second-order valence-corrected chi connectivity index (χ2v) is 7.27. The molecular weight excluding hydrogens is 348 g/mol. The Bertz CT molecular complexity index is 792. The molecule has 0 aliphatic carbocycles. The van der Waals surface area contributed by atoms with E-state index in [9.17, 15) is 9.59 Å². The van der Waals surface area contributed by atoms with Gasteiger partial charge >= 0.3 is 0 Å². The van der Waals surface area contributed by atoms with Crippen LogP contribution in [0, 0.1) is 13.8 Å². The summed E-state index contributed by atoms with van der Waals surface area (Å²) in [6.45, 7) is 5.77. The molecule has 0 radical (unpaired) electrons. The van der Waals surface area contributed by atoms with Gasteiger partial charge in [0.25, 0.3) is 0 Å². The molecule has 2 amide bonds. The second kappa shape index (κ2) is 9.29. The third-order valence-electron chi connectivity index (χ3n) is 4.08. The zero-order chi connectivity index (χ0) is 19.1. The molecule has 0 fully saturated rings. The number of amides is 2. The zero-order valence-corrected chi connectivity index (χ0v) is 16.3. The molecule has 138 valence electrons. The van der Waals surface area contributed by atoms with E-state index in [1.807, 2.05) is 44.2 Å². The van der Waals surface area contributed by atoms with Crippen LogP contribution in [0.5, 0.6) is 5.75 Å². The zero-order valence-electron chi connectivity index (χ0n) is 15.5. The first-order valence-electron chi connectivity index (χ1n) is 8.34. The number of methoxy groups -OCH3 is 1. The van der Waals surface area contributed by atoms with Gasteiger partial charge in [-0.15, -0.1) is 11.8 Å². The molecule has 2 aromatic carbocycles. The van der Waals surface area contributed by atoms with Crippen molar-refractivity contribution in [3.05, 3.63) is 53.6 Å². The smallest absolute Gasteiger partial charge is 0.237 e. The number of rotatable bonds is 7. The average Bonchev–Trinajstić information content (AvgIpc) is 2.63. The molecule has 0 saturated heterocycles. The molecule has 0 aromatic heterocycles. The van der Waals surface area contributed by atoms with Crippen LogP contribution in [0.2, 0.25) is 0 Å². The number of hydrogen-bond donors (Lipinski definition) is 2. The number of ether oxygens (including phenoxy) is 1. The van der Waals surface area contributed by atoms with Gasteiger partial charge in [0.2, 0.25) is 11.8 Å². The van der Waals surface area contributed by atoms with Crippen LogP contribution in [0.4, 0.5) is 11.4 Å². The Hall–Kier alpha value is -2.47. The van der Waals surface area contributed by atoms with Gasteiger partial charge < -0.3 is 15.4 Å². The minimum absolute atomic E-state index is 0.117. The molecule has 0 aliphatic rings. The number of para-hydroxylation sites is 2. The highest BCUT2D eigenvalue weighted by atomic mass is 32.2. The number of hydrogen-bond acceptors (Lipinski definition) is 4. The van der Waals surface area contributed by atoms with Crippen LogP contribution in [0.25, 0.3) is 0 Å². The SMILES string of the molecule is COc1ccccc1NC(=O)CS[C@@H](C)C(=O)Nc1cccc(C)c1C. The summed E-state index contributed by atoms with van der Waals surface area (Å²) in [5.41, 5.74) is 3.60. The third-order valence-corrected chi connectivity index (χ3v) is 5.22.